The summed E-state index contributed by atoms with van der Waals surface area (Å²) in [5, 5.41) is 16.6. The Balaban J connectivity index is 0.00000420. The molecule has 0 bridgehead atoms. The Morgan fingerprint density at radius 2 is 1.97 bits per heavy atom. The van der Waals surface area contributed by atoms with E-state index in [9.17, 15) is 14.9 Å². The first-order valence-corrected chi connectivity index (χ1v) is 11.8. The molecule has 2 aromatic heterocycles. The molecule has 0 radical (unpaired) electrons. The van der Waals surface area contributed by atoms with Gasteiger partial charge in [0, 0.05) is 35.4 Å². The number of aromatic nitrogens is 2. The van der Waals surface area contributed by atoms with Gasteiger partial charge in [-0.1, -0.05) is 6.07 Å². The van der Waals surface area contributed by atoms with Gasteiger partial charge in [0.1, 0.15) is 5.84 Å². The number of aryl methyl sites for hydroxylation is 1. The van der Waals surface area contributed by atoms with Crippen molar-refractivity contribution >= 4 is 29.2 Å². The van der Waals surface area contributed by atoms with Crippen LogP contribution in [0.15, 0.2) is 66.1 Å². The molecule has 1 fully saturated rings. The number of pyridine rings is 2. The molecule has 0 aliphatic heterocycles. The van der Waals surface area contributed by atoms with Crippen molar-refractivity contribution in [2.75, 3.05) is 19.5 Å². The van der Waals surface area contributed by atoms with Gasteiger partial charge >= 0.3 is 57.5 Å². The topological polar surface area (TPSA) is 157 Å². The number of nitrogens with one attached hydrogen (secondary N) is 1. The van der Waals surface area contributed by atoms with Gasteiger partial charge in [0.2, 0.25) is 0 Å². The van der Waals surface area contributed by atoms with Crippen LogP contribution in [0.3, 0.4) is 0 Å². The Kier molecular flexibility index (Phi) is 10.1. The second-order valence-electron chi connectivity index (χ2n) is 8.83. The molecule has 1 saturated carbocycles. The molecular formula is C28H26KN7O3. The summed E-state index contributed by atoms with van der Waals surface area (Å²) in [6, 6.07) is 13.1. The maximum absolute atomic E-state index is 13.0. The number of ether oxygens (including phenoxy) is 1. The van der Waals surface area contributed by atoms with Crippen LogP contribution in [-0.4, -0.2) is 42.0 Å². The number of carbonyl (C=O) groups excluding carboxylic acids is 2. The van der Waals surface area contributed by atoms with Crippen LogP contribution in [0, 0.1) is 18.3 Å². The number of nitrogens with two attached hydrogens (primary N) is 1. The molecule has 1 aliphatic rings. The maximum Gasteiger partial charge on any atom is 1.00 e. The van der Waals surface area contributed by atoms with Gasteiger partial charge in [-0.3, -0.25) is 14.8 Å². The van der Waals surface area contributed by atoms with Crippen molar-refractivity contribution in [3.05, 3.63) is 88.8 Å². The van der Waals surface area contributed by atoms with E-state index in [-0.39, 0.29) is 63.1 Å². The molecule has 0 unspecified atom stereocenters. The van der Waals surface area contributed by atoms with Gasteiger partial charge < -0.3 is 21.1 Å². The number of rotatable bonds is 7. The fourth-order valence-corrected chi connectivity index (χ4v) is 3.93. The van der Waals surface area contributed by atoms with E-state index in [0.717, 1.165) is 29.5 Å². The smallest absolute Gasteiger partial charge is 0.686 e. The quantitative estimate of drug-likeness (QED) is 0.259. The Bertz CT molecular complexity index is 1510. The van der Waals surface area contributed by atoms with Crippen LogP contribution in [0.5, 0.6) is 0 Å². The molecule has 11 heteroatoms. The number of hydrogen-bond acceptors (Lipinski definition) is 6. The van der Waals surface area contributed by atoms with Gasteiger partial charge in [-0.15, -0.1) is 12.7 Å². The minimum absolute atomic E-state index is 0. The monoisotopic (exact) mass is 547 g/mol. The zero-order valence-corrected chi connectivity index (χ0v) is 25.3. The van der Waals surface area contributed by atoms with Gasteiger partial charge in [-0.25, -0.2) is 4.79 Å². The zero-order valence-electron chi connectivity index (χ0n) is 22.2. The van der Waals surface area contributed by atoms with Crippen LogP contribution >= 0.6 is 0 Å². The first kappa shape index (κ1) is 30.1. The summed E-state index contributed by atoms with van der Waals surface area (Å²) in [4.78, 5) is 36.6. The molecule has 2 heterocycles. The maximum atomic E-state index is 13.0. The van der Waals surface area contributed by atoms with E-state index >= 15 is 0 Å². The molecule has 0 atom stereocenters. The number of methoxy groups -OCH3 is 1. The van der Waals surface area contributed by atoms with E-state index in [1.807, 2.05) is 31.2 Å². The standard InChI is InChI=1S/C28H27N7O3.K/c1-17-4-5-21(34-26(36)18-6-9-33-24(11-18)28(16-29)7-8-28)12-22(17)19-10-20(15-32-14-19)23(31-2)13-25(30)35-27(37)38-3;/h4-6,9-15H,7-8H2,1-3H3,(H4,30,31,34,35,36,37);/q;+1/p-1. The van der Waals surface area contributed by atoms with E-state index in [4.69, 9.17) is 5.73 Å². The fourth-order valence-electron chi connectivity index (χ4n) is 3.93. The second-order valence-corrected chi connectivity index (χ2v) is 8.83. The number of nitrogens with zero attached hydrogens (tertiary/aromatic N) is 5. The van der Waals surface area contributed by atoms with E-state index in [1.165, 1.54) is 13.2 Å². The first-order chi connectivity index (χ1) is 18.3. The SMILES string of the molecule is C[N-]/C(=C\C(N)=N/C(=O)OC)c1cncc(-c2cc(NC(=O)c3ccnc(C4(C#N)CC4)c3)ccc2C)c1.[K+]. The predicted octanol–water partition coefficient (Wildman–Crippen LogP) is 1.73. The number of benzene rings is 1. The Morgan fingerprint density at radius 1 is 1.21 bits per heavy atom. The average Bonchev–Trinajstić information content (AvgIpc) is 3.74. The van der Waals surface area contributed by atoms with Crippen molar-refractivity contribution in [2.45, 2.75) is 25.2 Å². The van der Waals surface area contributed by atoms with Crippen molar-refractivity contribution in [3.8, 4) is 17.2 Å². The fraction of sp³-hybridized carbons (Fsp3) is 0.214. The molecule has 0 saturated heterocycles. The molecule has 0 spiro atoms. The molecule has 1 aliphatic carbocycles. The summed E-state index contributed by atoms with van der Waals surface area (Å²) in [6.07, 6.45) is 7.06. The van der Waals surface area contributed by atoms with E-state index in [0.29, 0.717) is 28.2 Å². The van der Waals surface area contributed by atoms with E-state index < -0.39 is 11.5 Å². The summed E-state index contributed by atoms with van der Waals surface area (Å²) < 4.78 is 4.50. The number of aliphatic imine (C=N–C) groups is 1. The molecular weight excluding hydrogens is 521 g/mol. The van der Waals surface area contributed by atoms with Crippen molar-refractivity contribution in [2.24, 2.45) is 10.7 Å². The van der Waals surface area contributed by atoms with Crippen molar-refractivity contribution < 1.29 is 65.7 Å². The average molecular weight is 548 g/mol. The first-order valence-electron chi connectivity index (χ1n) is 11.8. The number of carbonyl (C=O) groups is 2. The molecule has 1 aromatic carbocycles. The minimum Gasteiger partial charge on any atom is -0.686 e. The van der Waals surface area contributed by atoms with Gasteiger partial charge in [0.25, 0.3) is 5.91 Å². The van der Waals surface area contributed by atoms with Crippen LogP contribution in [0.2, 0.25) is 0 Å². The molecule has 3 aromatic rings. The third-order valence-corrected chi connectivity index (χ3v) is 6.24. The number of anilines is 1. The third kappa shape index (κ3) is 7.17. The Labute approximate surface area is 269 Å². The van der Waals surface area contributed by atoms with Crippen LogP contribution in [0.1, 0.15) is 40.0 Å². The van der Waals surface area contributed by atoms with Crippen molar-refractivity contribution in [1.29, 1.82) is 5.26 Å². The molecule has 192 valence electrons. The van der Waals surface area contributed by atoms with Gasteiger partial charge in [0.15, 0.2) is 0 Å². The van der Waals surface area contributed by atoms with Crippen LogP contribution in [0.25, 0.3) is 22.1 Å². The van der Waals surface area contributed by atoms with Crippen LogP contribution in [0.4, 0.5) is 10.5 Å². The van der Waals surface area contributed by atoms with Gasteiger partial charge in [-0.2, -0.15) is 10.3 Å². The summed E-state index contributed by atoms with van der Waals surface area (Å²) in [5.74, 6) is -0.343. The van der Waals surface area contributed by atoms with E-state index in [2.05, 4.69) is 36.4 Å². The van der Waals surface area contributed by atoms with Gasteiger partial charge in [0.05, 0.1) is 24.3 Å². The second kappa shape index (κ2) is 13.1. The summed E-state index contributed by atoms with van der Waals surface area (Å²) in [6.45, 7) is 1.96. The minimum atomic E-state index is -0.810. The number of amides is 2. The van der Waals surface area contributed by atoms with Crippen molar-refractivity contribution in [3.63, 3.8) is 0 Å². The molecule has 3 N–H and O–H groups in total. The van der Waals surface area contributed by atoms with Crippen LogP contribution < -0.4 is 62.4 Å². The summed E-state index contributed by atoms with van der Waals surface area (Å²) >= 11 is 0. The third-order valence-electron chi connectivity index (χ3n) is 6.24. The summed E-state index contributed by atoms with van der Waals surface area (Å²) in [7, 11) is 2.81. The molecule has 2 amide bonds. The van der Waals surface area contributed by atoms with Gasteiger partial charge in [-0.05, 0) is 72.9 Å². The number of nitriles is 1. The zero-order chi connectivity index (χ0) is 27.3. The van der Waals surface area contributed by atoms with Crippen LogP contribution in [-0.2, 0) is 10.2 Å². The Hall–Kier alpha value is -3.40. The summed E-state index contributed by atoms with van der Waals surface area (Å²) in [5.41, 5.74) is 10.7. The predicted molar refractivity (Wildman–Crippen MR) is 144 cm³/mol. The van der Waals surface area contributed by atoms with E-state index in [1.54, 1.807) is 37.8 Å². The molecule has 10 nitrogen and oxygen atoms in total. The molecule has 4 rings (SSSR count). The largest absolute Gasteiger partial charge is 1.00 e. The molecule has 39 heavy (non-hydrogen) atoms. The number of hydrogen-bond donors (Lipinski definition) is 2. The number of amidine groups is 1. The normalized spacial score (nSPS) is 13.9. The van der Waals surface area contributed by atoms with Crippen molar-refractivity contribution in [1.82, 2.24) is 9.97 Å². The Morgan fingerprint density at radius 3 is 2.64 bits per heavy atom.